The highest BCUT2D eigenvalue weighted by Gasteiger charge is 2.33. The SMILES string of the molecule is O=C(Nc1ccc(Cl)c(C(F)(F)F)c1)N1CCN(c2ccccc2O)CC1. The second kappa shape index (κ2) is 7.56. The van der Waals surface area contributed by atoms with Gasteiger partial charge in [-0.15, -0.1) is 0 Å². The Labute approximate surface area is 158 Å². The number of amides is 2. The fourth-order valence-corrected chi connectivity index (χ4v) is 3.13. The van der Waals surface area contributed by atoms with Gasteiger partial charge in [-0.3, -0.25) is 0 Å². The summed E-state index contributed by atoms with van der Waals surface area (Å²) in [6, 6.07) is 9.69. The zero-order valence-corrected chi connectivity index (χ0v) is 14.9. The number of carbonyl (C=O) groups excluding carboxylic acids is 1. The summed E-state index contributed by atoms with van der Waals surface area (Å²) in [5, 5.41) is 12.0. The first-order valence-corrected chi connectivity index (χ1v) is 8.59. The van der Waals surface area contributed by atoms with Crippen LogP contribution >= 0.6 is 11.6 Å². The van der Waals surface area contributed by atoms with Crippen LogP contribution in [0.5, 0.6) is 5.75 Å². The average molecular weight is 400 g/mol. The number of para-hydroxylation sites is 2. The molecule has 0 spiro atoms. The van der Waals surface area contributed by atoms with Crippen molar-refractivity contribution < 1.29 is 23.1 Å². The highest BCUT2D eigenvalue weighted by molar-refractivity contribution is 6.31. The van der Waals surface area contributed by atoms with E-state index < -0.39 is 22.8 Å². The number of phenolic OH excluding ortho intramolecular Hbond substituents is 1. The predicted octanol–water partition coefficient (Wildman–Crippen LogP) is 4.42. The van der Waals surface area contributed by atoms with E-state index in [4.69, 9.17) is 11.6 Å². The van der Waals surface area contributed by atoms with Crippen LogP contribution in [0.25, 0.3) is 0 Å². The predicted molar refractivity (Wildman–Crippen MR) is 97.4 cm³/mol. The zero-order valence-electron chi connectivity index (χ0n) is 14.1. The number of nitrogens with zero attached hydrogens (tertiary/aromatic N) is 2. The minimum atomic E-state index is -4.60. The van der Waals surface area contributed by atoms with Crippen LogP contribution in [0.15, 0.2) is 42.5 Å². The van der Waals surface area contributed by atoms with Gasteiger partial charge in [0, 0.05) is 31.9 Å². The lowest BCUT2D eigenvalue weighted by Gasteiger charge is -2.36. The van der Waals surface area contributed by atoms with Crippen LogP contribution in [0.1, 0.15) is 5.56 Å². The number of anilines is 2. The smallest absolute Gasteiger partial charge is 0.417 e. The highest BCUT2D eigenvalue weighted by atomic mass is 35.5. The number of hydrogen-bond acceptors (Lipinski definition) is 3. The van der Waals surface area contributed by atoms with Crippen molar-refractivity contribution in [1.82, 2.24) is 4.90 Å². The van der Waals surface area contributed by atoms with E-state index in [9.17, 15) is 23.1 Å². The molecule has 0 aliphatic carbocycles. The van der Waals surface area contributed by atoms with Crippen molar-refractivity contribution >= 4 is 29.0 Å². The van der Waals surface area contributed by atoms with Gasteiger partial charge in [-0.2, -0.15) is 13.2 Å². The van der Waals surface area contributed by atoms with Gasteiger partial charge in [0.25, 0.3) is 0 Å². The molecule has 0 atom stereocenters. The van der Waals surface area contributed by atoms with Gasteiger partial charge in [0.2, 0.25) is 0 Å². The number of halogens is 4. The monoisotopic (exact) mass is 399 g/mol. The Morgan fingerprint density at radius 2 is 1.74 bits per heavy atom. The van der Waals surface area contributed by atoms with E-state index >= 15 is 0 Å². The second-order valence-electron chi connectivity index (χ2n) is 6.09. The van der Waals surface area contributed by atoms with Crippen molar-refractivity contribution in [2.45, 2.75) is 6.18 Å². The van der Waals surface area contributed by atoms with Gasteiger partial charge in [-0.05, 0) is 30.3 Å². The van der Waals surface area contributed by atoms with E-state index in [0.29, 0.717) is 31.9 Å². The third-order valence-corrected chi connectivity index (χ3v) is 4.64. The molecule has 9 heteroatoms. The van der Waals surface area contributed by atoms with Gasteiger partial charge < -0.3 is 20.2 Å². The first-order chi connectivity index (χ1) is 12.8. The molecule has 3 rings (SSSR count). The zero-order chi connectivity index (χ0) is 19.6. The van der Waals surface area contributed by atoms with Gasteiger partial charge in [0.05, 0.1) is 16.3 Å². The summed E-state index contributed by atoms with van der Waals surface area (Å²) in [7, 11) is 0. The number of benzene rings is 2. The maximum atomic E-state index is 12.9. The summed E-state index contributed by atoms with van der Waals surface area (Å²) < 4.78 is 38.8. The molecule has 0 bridgehead atoms. The summed E-state index contributed by atoms with van der Waals surface area (Å²) in [6.45, 7) is 1.75. The molecule has 1 fully saturated rings. The molecule has 1 saturated heterocycles. The quantitative estimate of drug-likeness (QED) is 0.786. The number of hydrogen-bond donors (Lipinski definition) is 2. The standard InChI is InChI=1S/C18H17ClF3N3O2/c19-14-6-5-12(11-13(14)18(20,21)22)23-17(27)25-9-7-24(8-10-25)15-3-1-2-4-16(15)26/h1-6,11,26H,7-10H2,(H,23,27). The molecule has 27 heavy (non-hydrogen) atoms. The number of alkyl halides is 3. The van der Waals surface area contributed by atoms with Gasteiger partial charge in [0.15, 0.2) is 0 Å². The first kappa shape index (κ1) is 19.2. The summed E-state index contributed by atoms with van der Waals surface area (Å²) in [6.07, 6.45) is -4.60. The van der Waals surface area contributed by atoms with Crippen LogP contribution in [0, 0.1) is 0 Å². The Morgan fingerprint density at radius 3 is 2.37 bits per heavy atom. The van der Waals surface area contributed by atoms with Crippen molar-refractivity contribution in [2.24, 2.45) is 0 Å². The minimum absolute atomic E-state index is 0.0276. The molecule has 0 radical (unpaired) electrons. The molecular weight excluding hydrogens is 383 g/mol. The minimum Gasteiger partial charge on any atom is -0.506 e. The molecule has 0 unspecified atom stereocenters. The summed E-state index contributed by atoms with van der Waals surface area (Å²) in [4.78, 5) is 15.8. The number of rotatable bonds is 2. The molecule has 2 amide bonds. The largest absolute Gasteiger partial charge is 0.506 e. The number of piperazine rings is 1. The number of aromatic hydroxyl groups is 1. The molecule has 2 aromatic carbocycles. The van der Waals surface area contributed by atoms with Crippen LogP contribution in [0.2, 0.25) is 5.02 Å². The Bertz CT molecular complexity index is 837. The number of carbonyl (C=O) groups is 1. The van der Waals surface area contributed by atoms with Crippen LogP contribution in [0.3, 0.4) is 0 Å². The van der Waals surface area contributed by atoms with E-state index in [1.54, 1.807) is 18.2 Å². The maximum Gasteiger partial charge on any atom is 0.417 e. The average Bonchev–Trinajstić information content (AvgIpc) is 2.63. The van der Waals surface area contributed by atoms with Gasteiger partial charge in [0.1, 0.15) is 5.75 Å². The van der Waals surface area contributed by atoms with Crippen molar-refractivity contribution in [1.29, 1.82) is 0 Å². The van der Waals surface area contributed by atoms with Crippen molar-refractivity contribution in [2.75, 3.05) is 36.4 Å². The van der Waals surface area contributed by atoms with Gasteiger partial charge in [-0.25, -0.2) is 4.79 Å². The molecule has 2 aromatic rings. The summed E-state index contributed by atoms with van der Waals surface area (Å²) >= 11 is 5.58. The Kier molecular flexibility index (Phi) is 5.36. The van der Waals surface area contributed by atoms with Crippen molar-refractivity contribution in [3.05, 3.63) is 53.1 Å². The molecule has 1 aliphatic heterocycles. The van der Waals surface area contributed by atoms with Crippen LogP contribution in [-0.4, -0.2) is 42.2 Å². The molecule has 5 nitrogen and oxygen atoms in total. The molecule has 144 valence electrons. The fourth-order valence-electron chi connectivity index (χ4n) is 2.90. The lowest BCUT2D eigenvalue weighted by molar-refractivity contribution is -0.137. The van der Waals surface area contributed by atoms with E-state index in [2.05, 4.69) is 5.32 Å². The van der Waals surface area contributed by atoms with Gasteiger partial charge in [-0.1, -0.05) is 23.7 Å². The Morgan fingerprint density at radius 1 is 1.07 bits per heavy atom. The third kappa shape index (κ3) is 4.39. The maximum absolute atomic E-state index is 12.9. The molecule has 0 saturated carbocycles. The summed E-state index contributed by atoms with van der Waals surface area (Å²) in [5.41, 5.74) is -0.281. The lowest BCUT2D eigenvalue weighted by atomic mass is 10.2. The Hall–Kier alpha value is -2.61. The number of nitrogens with one attached hydrogen (secondary N) is 1. The van der Waals surface area contributed by atoms with E-state index in [1.807, 2.05) is 11.0 Å². The third-order valence-electron chi connectivity index (χ3n) is 4.31. The second-order valence-corrected chi connectivity index (χ2v) is 6.49. The van der Waals surface area contributed by atoms with E-state index in [-0.39, 0.29) is 11.4 Å². The van der Waals surface area contributed by atoms with E-state index in [1.165, 1.54) is 11.0 Å². The number of phenols is 1. The topological polar surface area (TPSA) is 55.8 Å². The first-order valence-electron chi connectivity index (χ1n) is 8.21. The molecule has 2 N–H and O–H groups in total. The molecular formula is C18H17ClF3N3O2. The lowest BCUT2D eigenvalue weighted by Crippen LogP contribution is -2.50. The van der Waals surface area contributed by atoms with Crippen LogP contribution in [0.4, 0.5) is 29.3 Å². The van der Waals surface area contributed by atoms with Crippen molar-refractivity contribution in [3.8, 4) is 5.75 Å². The summed E-state index contributed by atoms with van der Waals surface area (Å²) in [5.74, 6) is 0.163. The van der Waals surface area contributed by atoms with Crippen LogP contribution < -0.4 is 10.2 Å². The Balaban J connectivity index is 1.63. The molecule has 1 heterocycles. The van der Waals surface area contributed by atoms with Crippen molar-refractivity contribution in [3.63, 3.8) is 0 Å². The highest BCUT2D eigenvalue weighted by Crippen LogP contribution is 2.36. The van der Waals surface area contributed by atoms with Gasteiger partial charge >= 0.3 is 12.2 Å². The van der Waals surface area contributed by atoms with Crippen LogP contribution in [-0.2, 0) is 6.18 Å². The molecule has 1 aliphatic rings. The molecule has 0 aromatic heterocycles. The van der Waals surface area contributed by atoms with E-state index in [0.717, 1.165) is 12.1 Å². The fraction of sp³-hybridized carbons (Fsp3) is 0.278. The number of urea groups is 1. The normalized spacial score (nSPS) is 15.0.